The van der Waals surface area contributed by atoms with Gasteiger partial charge in [0.2, 0.25) is 6.79 Å². The predicted molar refractivity (Wildman–Crippen MR) is 121 cm³/mol. The molecule has 1 N–H and O–H groups in total. The van der Waals surface area contributed by atoms with Gasteiger partial charge in [-0.15, -0.1) is 0 Å². The maximum absolute atomic E-state index is 13.5. The van der Waals surface area contributed by atoms with Crippen molar-refractivity contribution >= 4 is 23.1 Å². The van der Waals surface area contributed by atoms with Gasteiger partial charge in [0.25, 0.3) is 11.8 Å². The van der Waals surface area contributed by atoms with E-state index in [2.05, 4.69) is 5.32 Å². The Hall–Kier alpha value is -4.06. The molecule has 2 amide bonds. The summed E-state index contributed by atoms with van der Waals surface area (Å²) in [4.78, 5) is 28.2. The average Bonchev–Trinajstić information content (AvgIpc) is 3.35. The van der Waals surface area contributed by atoms with Gasteiger partial charge in [0.15, 0.2) is 11.5 Å². The van der Waals surface area contributed by atoms with Gasteiger partial charge in [0.1, 0.15) is 5.70 Å². The molecule has 0 radical (unpaired) electrons. The minimum atomic E-state index is -0.357. The standard InChI is InChI=1S/C26H22N2O4/c1-16-8-10-19(12-17(16)2)23-24(27-20-6-4-3-5-7-20)26(30)28(25(23)29)14-18-9-11-21-22(13-18)32-15-31-21/h3-13,27H,14-15H2,1-2H3. The van der Waals surface area contributed by atoms with Crippen LogP contribution in [-0.4, -0.2) is 23.5 Å². The number of imide groups is 1. The van der Waals surface area contributed by atoms with Crippen LogP contribution in [0.4, 0.5) is 5.69 Å². The van der Waals surface area contributed by atoms with Crippen LogP contribution in [0.2, 0.25) is 0 Å². The molecule has 0 saturated carbocycles. The zero-order valence-electron chi connectivity index (χ0n) is 17.8. The molecule has 3 aromatic rings. The van der Waals surface area contributed by atoms with Crippen molar-refractivity contribution in [1.29, 1.82) is 0 Å². The molecule has 0 fully saturated rings. The summed E-state index contributed by atoms with van der Waals surface area (Å²) < 4.78 is 10.8. The summed E-state index contributed by atoms with van der Waals surface area (Å²) in [6.45, 7) is 4.33. The molecule has 0 aliphatic carbocycles. The summed E-state index contributed by atoms with van der Waals surface area (Å²) in [7, 11) is 0. The van der Waals surface area contributed by atoms with E-state index in [4.69, 9.17) is 9.47 Å². The lowest BCUT2D eigenvalue weighted by Crippen LogP contribution is -2.32. The van der Waals surface area contributed by atoms with E-state index in [9.17, 15) is 9.59 Å². The second kappa shape index (κ2) is 7.89. The molecule has 0 aromatic heterocycles. The first-order chi connectivity index (χ1) is 15.5. The maximum atomic E-state index is 13.5. The van der Waals surface area contributed by atoms with Gasteiger partial charge in [0.05, 0.1) is 12.1 Å². The van der Waals surface area contributed by atoms with E-state index < -0.39 is 0 Å². The topological polar surface area (TPSA) is 67.9 Å². The van der Waals surface area contributed by atoms with Crippen molar-refractivity contribution in [3.05, 3.63) is 94.7 Å². The highest BCUT2D eigenvalue weighted by Crippen LogP contribution is 2.35. The van der Waals surface area contributed by atoms with Crippen molar-refractivity contribution in [1.82, 2.24) is 4.90 Å². The lowest BCUT2D eigenvalue weighted by molar-refractivity contribution is -0.137. The van der Waals surface area contributed by atoms with Crippen molar-refractivity contribution in [2.75, 3.05) is 12.1 Å². The Morgan fingerprint density at radius 2 is 1.62 bits per heavy atom. The van der Waals surface area contributed by atoms with Gasteiger partial charge < -0.3 is 14.8 Å². The van der Waals surface area contributed by atoms with Crippen LogP contribution in [0, 0.1) is 13.8 Å². The normalized spacial score (nSPS) is 15.0. The van der Waals surface area contributed by atoms with Crippen molar-refractivity contribution in [2.45, 2.75) is 20.4 Å². The van der Waals surface area contributed by atoms with Crippen molar-refractivity contribution in [2.24, 2.45) is 0 Å². The van der Waals surface area contributed by atoms with Crippen molar-refractivity contribution in [3.63, 3.8) is 0 Å². The van der Waals surface area contributed by atoms with Gasteiger partial charge in [-0.3, -0.25) is 14.5 Å². The van der Waals surface area contributed by atoms with Gasteiger partial charge in [-0.05, 0) is 60.4 Å². The number of benzene rings is 3. The number of para-hydroxylation sites is 1. The lowest BCUT2D eigenvalue weighted by Gasteiger charge is -2.16. The molecule has 2 heterocycles. The van der Waals surface area contributed by atoms with E-state index in [0.29, 0.717) is 17.1 Å². The number of aryl methyl sites for hydroxylation is 2. The quantitative estimate of drug-likeness (QED) is 0.612. The van der Waals surface area contributed by atoms with Crippen LogP contribution in [0.3, 0.4) is 0 Å². The summed E-state index contributed by atoms with van der Waals surface area (Å²) in [5.41, 5.74) is 5.10. The molecule has 0 bridgehead atoms. The van der Waals surface area contributed by atoms with Crippen molar-refractivity contribution < 1.29 is 19.1 Å². The van der Waals surface area contributed by atoms with Crippen LogP contribution >= 0.6 is 0 Å². The zero-order chi connectivity index (χ0) is 22.2. The third-order valence-electron chi connectivity index (χ3n) is 5.78. The Labute approximate surface area is 186 Å². The van der Waals surface area contributed by atoms with E-state index in [0.717, 1.165) is 27.9 Å². The molecular formula is C26H22N2O4. The minimum Gasteiger partial charge on any atom is -0.454 e. The molecule has 32 heavy (non-hydrogen) atoms. The number of fused-ring (bicyclic) bond motifs is 1. The third-order valence-corrected chi connectivity index (χ3v) is 5.78. The Bertz CT molecular complexity index is 1260. The molecule has 160 valence electrons. The summed E-state index contributed by atoms with van der Waals surface area (Å²) >= 11 is 0. The molecule has 6 nitrogen and oxygen atoms in total. The van der Waals surface area contributed by atoms with Crippen molar-refractivity contribution in [3.8, 4) is 11.5 Å². The molecular weight excluding hydrogens is 404 g/mol. The highest BCUT2D eigenvalue weighted by atomic mass is 16.7. The lowest BCUT2D eigenvalue weighted by atomic mass is 9.99. The minimum absolute atomic E-state index is 0.141. The van der Waals surface area contributed by atoms with E-state index in [1.165, 1.54) is 4.90 Å². The maximum Gasteiger partial charge on any atom is 0.278 e. The van der Waals surface area contributed by atoms with Crippen LogP contribution in [0.5, 0.6) is 11.5 Å². The zero-order valence-corrected chi connectivity index (χ0v) is 17.8. The molecule has 0 spiro atoms. The first kappa shape index (κ1) is 19.9. The number of amides is 2. The highest BCUT2D eigenvalue weighted by Gasteiger charge is 2.39. The van der Waals surface area contributed by atoms with E-state index in [1.807, 2.05) is 68.4 Å². The number of carbonyl (C=O) groups excluding carboxylic acids is 2. The monoisotopic (exact) mass is 426 g/mol. The number of hydrogen-bond acceptors (Lipinski definition) is 5. The number of rotatable bonds is 5. The summed E-state index contributed by atoms with van der Waals surface area (Å²) in [6, 6.07) is 20.6. The Balaban J connectivity index is 1.52. The number of nitrogens with zero attached hydrogens (tertiary/aromatic N) is 1. The van der Waals surface area contributed by atoms with E-state index in [-0.39, 0.29) is 30.8 Å². The number of carbonyl (C=O) groups is 2. The second-order valence-corrected chi connectivity index (χ2v) is 7.92. The molecule has 2 aliphatic rings. The second-order valence-electron chi connectivity index (χ2n) is 7.92. The molecule has 6 heteroatoms. The van der Waals surface area contributed by atoms with Gasteiger partial charge in [0, 0.05) is 5.69 Å². The van der Waals surface area contributed by atoms with Gasteiger partial charge >= 0.3 is 0 Å². The molecule has 3 aromatic carbocycles. The molecule has 0 atom stereocenters. The first-order valence-corrected chi connectivity index (χ1v) is 10.4. The fourth-order valence-corrected chi connectivity index (χ4v) is 3.89. The smallest absolute Gasteiger partial charge is 0.278 e. The largest absolute Gasteiger partial charge is 0.454 e. The average molecular weight is 426 g/mol. The summed E-state index contributed by atoms with van der Waals surface area (Å²) in [5.74, 6) is 0.596. The van der Waals surface area contributed by atoms with Crippen LogP contribution in [0.25, 0.3) is 5.57 Å². The summed E-state index contributed by atoms with van der Waals surface area (Å²) in [6.07, 6.45) is 0. The van der Waals surface area contributed by atoms with Gasteiger partial charge in [-0.2, -0.15) is 0 Å². The van der Waals surface area contributed by atoms with Crippen LogP contribution in [-0.2, 0) is 16.1 Å². The Morgan fingerprint density at radius 1 is 0.844 bits per heavy atom. The SMILES string of the molecule is Cc1ccc(C2=C(Nc3ccccc3)C(=O)N(Cc3ccc4c(c3)OCO4)C2=O)cc1C. The van der Waals surface area contributed by atoms with Gasteiger partial charge in [-0.25, -0.2) is 0 Å². The van der Waals surface area contributed by atoms with E-state index >= 15 is 0 Å². The first-order valence-electron chi connectivity index (χ1n) is 10.4. The summed E-state index contributed by atoms with van der Waals surface area (Å²) in [5, 5.41) is 3.18. The predicted octanol–water partition coefficient (Wildman–Crippen LogP) is 4.42. The Kier molecular flexibility index (Phi) is 4.90. The third kappa shape index (κ3) is 3.50. The molecule has 0 saturated heterocycles. The van der Waals surface area contributed by atoms with Gasteiger partial charge in [-0.1, -0.05) is 42.5 Å². The number of anilines is 1. The number of nitrogens with one attached hydrogen (secondary N) is 1. The fraction of sp³-hybridized carbons (Fsp3) is 0.154. The molecule has 0 unspecified atom stereocenters. The van der Waals surface area contributed by atoms with Crippen LogP contribution in [0.1, 0.15) is 22.3 Å². The highest BCUT2D eigenvalue weighted by molar-refractivity contribution is 6.36. The van der Waals surface area contributed by atoms with Crippen LogP contribution < -0.4 is 14.8 Å². The molecule has 2 aliphatic heterocycles. The molecule has 5 rings (SSSR count). The fourth-order valence-electron chi connectivity index (χ4n) is 3.89. The van der Waals surface area contributed by atoms with E-state index in [1.54, 1.807) is 12.1 Å². The number of ether oxygens (including phenoxy) is 2. The Morgan fingerprint density at radius 3 is 2.41 bits per heavy atom. The van der Waals surface area contributed by atoms with Crippen LogP contribution in [0.15, 0.2) is 72.4 Å². The number of hydrogen-bond donors (Lipinski definition) is 1.